The summed E-state index contributed by atoms with van der Waals surface area (Å²) >= 11 is 0. The van der Waals surface area contributed by atoms with Crippen molar-refractivity contribution in [1.29, 1.82) is 0 Å². The highest BCUT2D eigenvalue weighted by molar-refractivity contribution is 5.94. The molecule has 5 aliphatic rings. The number of esters is 1. The predicted molar refractivity (Wildman–Crippen MR) is 127 cm³/mol. The molecule has 4 saturated carbocycles. The smallest absolute Gasteiger partial charge is 0.329 e. The van der Waals surface area contributed by atoms with Gasteiger partial charge in [-0.05, 0) is 79.9 Å². The number of aliphatic hydroxyl groups excluding tert-OH is 1. The molecule has 0 spiro atoms. The lowest BCUT2D eigenvalue weighted by Crippen LogP contribution is -2.56. The Morgan fingerprint density at radius 1 is 1.03 bits per heavy atom. The van der Waals surface area contributed by atoms with E-state index < -0.39 is 30.6 Å². The summed E-state index contributed by atoms with van der Waals surface area (Å²) in [5.41, 5.74) is 1.44. The monoisotopic (exact) mass is 468 g/mol. The van der Waals surface area contributed by atoms with Crippen molar-refractivity contribution in [1.82, 2.24) is 4.90 Å². The maximum absolute atomic E-state index is 13.7. The van der Waals surface area contributed by atoms with E-state index in [-0.39, 0.29) is 24.3 Å². The Bertz CT molecular complexity index is 921. The Labute approximate surface area is 201 Å². The van der Waals surface area contributed by atoms with E-state index in [0.29, 0.717) is 29.4 Å². The van der Waals surface area contributed by atoms with Crippen molar-refractivity contribution in [3.05, 3.63) is 29.8 Å². The molecule has 0 radical (unpaired) electrons. The minimum absolute atomic E-state index is 0.0137. The van der Waals surface area contributed by atoms with Gasteiger partial charge in [0.15, 0.2) is 6.61 Å². The number of anilines is 1. The zero-order valence-electron chi connectivity index (χ0n) is 20.2. The third-order valence-corrected chi connectivity index (χ3v) is 8.51. The number of benzene rings is 1. The molecule has 7 nitrogen and oxygen atoms in total. The van der Waals surface area contributed by atoms with E-state index in [9.17, 15) is 19.5 Å². The highest BCUT2D eigenvalue weighted by Crippen LogP contribution is 2.60. The van der Waals surface area contributed by atoms with Crippen LogP contribution in [0, 0.1) is 23.2 Å². The van der Waals surface area contributed by atoms with Crippen LogP contribution in [0.2, 0.25) is 0 Å². The van der Waals surface area contributed by atoms with Gasteiger partial charge in [-0.1, -0.05) is 26.0 Å². The van der Waals surface area contributed by atoms with Gasteiger partial charge < -0.3 is 20.1 Å². The topological polar surface area (TPSA) is 95.9 Å². The summed E-state index contributed by atoms with van der Waals surface area (Å²) in [6.07, 6.45) is 5.83. The molecule has 5 fully saturated rings. The molecular formula is C27H36N2O5. The third kappa shape index (κ3) is 4.47. The number of hydrogen-bond donors (Lipinski definition) is 2. The molecule has 7 heteroatoms. The van der Waals surface area contributed by atoms with E-state index in [1.807, 2.05) is 24.3 Å². The van der Waals surface area contributed by atoms with Crippen LogP contribution in [-0.2, 0) is 19.1 Å². The summed E-state index contributed by atoms with van der Waals surface area (Å²) in [4.78, 5) is 40.5. The van der Waals surface area contributed by atoms with Crippen LogP contribution in [0.25, 0.3) is 0 Å². The quantitative estimate of drug-likeness (QED) is 0.624. The predicted octanol–water partition coefficient (Wildman–Crippen LogP) is 3.47. The van der Waals surface area contributed by atoms with Gasteiger partial charge >= 0.3 is 5.97 Å². The SMILES string of the molecule is CC(C)c1ccc(NC(=O)COC(=O)[C@@H]2CC(O)CN2C(=O)C23CC4CC(CC(C4)C2)C3)cc1. The number of nitrogens with zero attached hydrogens (tertiary/aromatic N) is 1. The molecule has 1 heterocycles. The summed E-state index contributed by atoms with van der Waals surface area (Å²) in [6.45, 7) is 3.94. The van der Waals surface area contributed by atoms with Gasteiger partial charge in [0, 0.05) is 18.7 Å². The fourth-order valence-corrected chi connectivity index (χ4v) is 7.32. The molecule has 1 aromatic carbocycles. The molecule has 4 bridgehead atoms. The largest absolute Gasteiger partial charge is 0.454 e. The van der Waals surface area contributed by atoms with Gasteiger partial charge in [0.05, 0.1) is 11.5 Å². The molecule has 2 atom stereocenters. The van der Waals surface area contributed by atoms with Crippen molar-refractivity contribution in [2.75, 3.05) is 18.5 Å². The lowest BCUT2D eigenvalue weighted by molar-refractivity contribution is -0.166. The van der Waals surface area contributed by atoms with E-state index in [1.165, 1.54) is 24.8 Å². The number of hydrogen-bond acceptors (Lipinski definition) is 5. The van der Waals surface area contributed by atoms with E-state index in [1.54, 1.807) is 4.90 Å². The van der Waals surface area contributed by atoms with Crippen LogP contribution in [0.15, 0.2) is 24.3 Å². The third-order valence-electron chi connectivity index (χ3n) is 8.51. The van der Waals surface area contributed by atoms with Crippen molar-refractivity contribution in [3.63, 3.8) is 0 Å². The van der Waals surface area contributed by atoms with E-state index in [0.717, 1.165) is 19.3 Å². The average molecular weight is 469 g/mol. The lowest BCUT2D eigenvalue weighted by Gasteiger charge is -2.56. The number of carbonyl (C=O) groups excluding carboxylic acids is 3. The summed E-state index contributed by atoms with van der Waals surface area (Å²) in [5.74, 6) is 1.23. The fraction of sp³-hybridized carbons (Fsp3) is 0.667. The number of nitrogens with one attached hydrogen (secondary N) is 1. The van der Waals surface area contributed by atoms with Crippen molar-refractivity contribution in [3.8, 4) is 0 Å². The van der Waals surface area contributed by atoms with Gasteiger partial charge in [-0.3, -0.25) is 9.59 Å². The first-order valence-electron chi connectivity index (χ1n) is 12.8. The standard InChI is InChI=1S/C27H36N2O5/c1-16(2)20-3-5-21(6-4-20)28-24(31)15-34-25(32)23-10-22(30)14-29(23)26(33)27-11-17-7-18(12-27)9-19(8-17)13-27/h3-6,16-19,22-23,30H,7-15H2,1-2H3,(H,28,31)/t17?,18?,19?,22?,23-,27?/m0/s1. The maximum atomic E-state index is 13.7. The summed E-state index contributed by atoms with van der Waals surface area (Å²) < 4.78 is 5.31. The highest BCUT2D eigenvalue weighted by atomic mass is 16.5. The van der Waals surface area contributed by atoms with Crippen LogP contribution in [0.1, 0.15) is 70.3 Å². The number of rotatable bonds is 6. The lowest BCUT2D eigenvalue weighted by atomic mass is 9.49. The highest BCUT2D eigenvalue weighted by Gasteiger charge is 2.57. The summed E-state index contributed by atoms with van der Waals surface area (Å²) in [5, 5.41) is 13.0. The van der Waals surface area contributed by atoms with Gasteiger partial charge in [0.25, 0.3) is 5.91 Å². The maximum Gasteiger partial charge on any atom is 0.329 e. The first-order valence-corrected chi connectivity index (χ1v) is 12.8. The Hall–Kier alpha value is -2.41. The van der Waals surface area contributed by atoms with Crippen LogP contribution in [0.5, 0.6) is 0 Å². The Morgan fingerprint density at radius 2 is 1.62 bits per heavy atom. The fourth-order valence-electron chi connectivity index (χ4n) is 7.32. The number of likely N-dealkylation sites (tertiary alicyclic amines) is 1. The molecule has 0 aromatic heterocycles. The average Bonchev–Trinajstić information content (AvgIpc) is 3.18. The zero-order valence-corrected chi connectivity index (χ0v) is 20.2. The van der Waals surface area contributed by atoms with E-state index in [2.05, 4.69) is 19.2 Å². The first kappa shape index (κ1) is 23.3. The van der Waals surface area contributed by atoms with Crippen molar-refractivity contribution in [2.45, 2.75) is 76.9 Å². The van der Waals surface area contributed by atoms with Crippen molar-refractivity contribution in [2.24, 2.45) is 23.2 Å². The zero-order chi connectivity index (χ0) is 24.0. The normalized spacial score (nSPS) is 33.9. The van der Waals surface area contributed by atoms with Crippen molar-refractivity contribution >= 4 is 23.5 Å². The number of amides is 2. The van der Waals surface area contributed by atoms with Crippen LogP contribution in [0.4, 0.5) is 5.69 Å². The van der Waals surface area contributed by atoms with Crippen LogP contribution >= 0.6 is 0 Å². The van der Waals surface area contributed by atoms with Crippen LogP contribution in [-0.4, -0.2) is 53.1 Å². The van der Waals surface area contributed by atoms with Crippen LogP contribution < -0.4 is 5.32 Å². The first-order chi connectivity index (χ1) is 16.2. The van der Waals surface area contributed by atoms with E-state index in [4.69, 9.17) is 4.74 Å². The second kappa shape index (κ2) is 8.99. The minimum atomic E-state index is -0.825. The molecular weight excluding hydrogens is 432 g/mol. The van der Waals surface area contributed by atoms with Gasteiger partial charge in [-0.2, -0.15) is 0 Å². The Kier molecular flexibility index (Phi) is 6.17. The molecule has 34 heavy (non-hydrogen) atoms. The number of carbonyl (C=O) groups is 3. The second-order valence-corrected chi connectivity index (χ2v) is 11.5. The molecule has 1 aromatic rings. The second-order valence-electron chi connectivity index (χ2n) is 11.5. The Balaban J connectivity index is 1.19. The molecule has 4 aliphatic carbocycles. The number of ether oxygens (including phenoxy) is 1. The summed E-state index contributed by atoms with van der Waals surface area (Å²) in [7, 11) is 0. The summed E-state index contributed by atoms with van der Waals surface area (Å²) in [6, 6.07) is 6.75. The van der Waals surface area contributed by atoms with Gasteiger partial charge in [0.1, 0.15) is 6.04 Å². The van der Waals surface area contributed by atoms with Gasteiger partial charge in [-0.15, -0.1) is 0 Å². The molecule has 1 unspecified atom stereocenters. The Morgan fingerprint density at radius 3 is 2.18 bits per heavy atom. The van der Waals surface area contributed by atoms with Gasteiger partial charge in [-0.25, -0.2) is 4.79 Å². The molecule has 2 N–H and O–H groups in total. The molecule has 2 amide bonds. The molecule has 6 rings (SSSR count). The van der Waals surface area contributed by atoms with Crippen LogP contribution in [0.3, 0.4) is 0 Å². The molecule has 184 valence electrons. The number of aliphatic hydroxyl groups is 1. The molecule has 1 aliphatic heterocycles. The molecule has 1 saturated heterocycles. The van der Waals surface area contributed by atoms with Gasteiger partial charge in [0.2, 0.25) is 5.91 Å². The minimum Gasteiger partial charge on any atom is -0.454 e. The van der Waals surface area contributed by atoms with Crippen molar-refractivity contribution < 1.29 is 24.2 Å². The number of β-amino-alcohol motifs (C(OH)–C–C–N with tert-alkyl or cyclic N) is 1. The van der Waals surface area contributed by atoms with E-state index >= 15 is 0 Å².